The first-order valence-electron chi connectivity index (χ1n) is 9.67. The van der Waals surface area contributed by atoms with Crippen LogP contribution in [0.5, 0.6) is 0 Å². The van der Waals surface area contributed by atoms with E-state index in [1.807, 2.05) is 0 Å². The minimum Gasteiger partial charge on any atom is -0.466 e. The molecule has 0 fully saturated rings. The molecule has 0 saturated carbocycles. The highest BCUT2D eigenvalue weighted by Crippen LogP contribution is 2.09. The van der Waals surface area contributed by atoms with Crippen LogP contribution in [0.25, 0.3) is 0 Å². The molecule has 0 unspecified atom stereocenters. The monoisotopic (exact) mass is 393 g/mol. The smallest absolute Gasteiger partial charge is 0.407 e. The van der Waals surface area contributed by atoms with E-state index in [0.717, 1.165) is 0 Å². The molecule has 0 radical (unpaired) electrons. The Morgan fingerprint density at radius 1 is 0.893 bits per heavy atom. The Labute approximate surface area is 167 Å². The second kappa shape index (κ2) is 17.7. The molecule has 7 heteroatoms. The first-order chi connectivity index (χ1) is 13.5. The van der Waals surface area contributed by atoms with Gasteiger partial charge in [-0.05, 0) is 32.6 Å². The molecule has 0 heterocycles. The maximum absolute atomic E-state index is 12.0. The van der Waals surface area contributed by atoms with E-state index in [-0.39, 0.29) is 19.2 Å². The van der Waals surface area contributed by atoms with Crippen LogP contribution >= 0.6 is 0 Å². The van der Waals surface area contributed by atoms with Crippen molar-refractivity contribution in [3.05, 3.63) is 0 Å². The summed E-state index contributed by atoms with van der Waals surface area (Å²) in [6, 6.07) is -0.782. The summed E-state index contributed by atoms with van der Waals surface area (Å²) in [6.07, 6.45) is 14.6. The van der Waals surface area contributed by atoms with Gasteiger partial charge < -0.3 is 19.5 Å². The average Bonchev–Trinajstić information content (AvgIpc) is 2.67. The molecule has 28 heavy (non-hydrogen) atoms. The van der Waals surface area contributed by atoms with Crippen molar-refractivity contribution in [2.75, 3.05) is 19.8 Å². The molecule has 0 aromatic rings. The van der Waals surface area contributed by atoms with Crippen LogP contribution in [0.3, 0.4) is 0 Å². The highest BCUT2D eigenvalue weighted by molar-refractivity contribution is 5.81. The predicted molar refractivity (Wildman–Crippen MR) is 105 cm³/mol. The first kappa shape index (κ1) is 25.3. The lowest BCUT2D eigenvalue weighted by atomic mass is 10.1. The molecule has 0 rings (SSSR count). The van der Waals surface area contributed by atoms with Crippen LogP contribution in [0.4, 0.5) is 4.79 Å². The van der Waals surface area contributed by atoms with Crippen molar-refractivity contribution < 1.29 is 28.6 Å². The Morgan fingerprint density at radius 3 is 2.14 bits per heavy atom. The summed E-state index contributed by atoms with van der Waals surface area (Å²) in [6.45, 7) is 2.44. The molecule has 0 aliphatic carbocycles. The average molecular weight is 393 g/mol. The fourth-order valence-corrected chi connectivity index (χ4v) is 2.24. The van der Waals surface area contributed by atoms with Crippen molar-refractivity contribution >= 4 is 18.0 Å². The second-order valence-corrected chi connectivity index (χ2v) is 6.02. The van der Waals surface area contributed by atoms with Crippen molar-refractivity contribution in [1.82, 2.24) is 5.32 Å². The normalized spacial score (nSPS) is 10.8. The standard InChI is InChI=1S/C21H31NO6/c1-4-7-12-16-27-19(23)15-11-9-10-14-18(20(24)26-6-3)22-21(25)28-17-13-8-5-2/h1-2,18H,6-17H2,3H3,(H,22,25)/t18-/m0/s1. The molecule has 0 aliphatic rings. The summed E-state index contributed by atoms with van der Waals surface area (Å²) in [7, 11) is 0. The van der Waals surface area contributed by atoms with Crippen molar-refractivity contribution in [3.63, 3.8) is 0 Å². The summed E-state index contributed by atoms with van der Waals surface area (Å²) in [4.78, 5) is 35.3. The van der Waals surface area contributed by atoms with E-state index in [2.05, 4.69) is 17.2 Å². The van der Waals surface area contributed by atoms with Crippen molar-refractivity contribution in [2.45, 2.75) is 70.8 Å². The van der Waals surface area contributed by atoms with Gasteiger partial charge in [0.1, 0.15) is 6.04 Å². The Hall–Kier alpha value is -2.67. The molecule has 7 nitrogen and oxygen atoms in total. The lowest BCUT2D eigenvalue weighted by Gasteiger charge is -2.17. The molecule has 0 saturated heterocycles. The third kappa shape index (κ3) is 14.5. The molecule has 0 aromatic heterocycles. The summed E-state index contributed by atoms with van der Waals surface area (Å²) >= 11 is 0. The number of hydrogen-bond donors (Lipinski definition) is 1. The summed E-state index contributed by atoms with van der Waals surface area (Å²) in [5, 5.41) is 2.52. The Morgan fingerprint density at radius 2 is 1.54 bits per heavy atom. The molecule has 156 valence electrons. The van der Waals surface area contributed by atoms with E-state index in [1.54, 1.807) is 6.92 Å². The van der Waals surface area contributed by atoms with Gasteiger partial charge in [-0.3, -0.25) is 4.79 Å². The lowest BCUT2D eigenvalue weighted by molar-refractivity contribution is -0.146. The summed E-state index contributed by atoms with van der Waals surface area (Å²) < 4.78 is 15.0. The van der Waals surface area contributed by atoms with Crippen LogP contribution in [-0.2, 0) is 23.8 Å². The van der Waals surface area contributed by atoms with Crippen molar-refractivity contribution in [2.24, 2.45) is 0 Å². The number of esters is 2. The number of hydrogen-bond acceptors (Lipinski definition) is 6. The zero-order valence-electron chi connectivity index (χ0n) is 16.7. The number of carbonyl (C=O) groups excluding carboxylic acids is 3. The second-order valence-electron chi connectivity index (χ2n) is 6.02. The summed E-state index contributed by atoms with van der Waals surface area (Å²) in [5.41, 5.74) is 0. The van der Waals surface area contributed by atoms with Gasteiger partial charge >= 0.3 is 18.0 Å². The third-order valence-corrected chi connectivity index (χ3v) is 3.66. The molecule has 0 aliphatic heterocycles. The van der Waals surface area contributed by atoms with E-state index < -0.39 is 18.1 Å². The lowest BCUT2D eigenvalue weighted by Crippen LogP contribution is -2.42. The number of unbranched alkanes of at least 4 members (excludes halogenated alkanes) is 4. The maximum Gasteiger partial charge on any atom is 0.407 e. The predicted octanol–water partition coefficient (Wildman–Crippen LogP) is 2.96. The van der Waals surface area contributed by atoms with Gasteiger partial charge in [0, 0.05) is 19.3 Å². The first-order valence-corrected chi connectivity index (χ1v) is 9.67. The van der Waals surface area contributed by atoms with Crippen LogP contribution < -0.4 is 5.32 Å². The molecule has 0 spiro atoms. The number of nitrogens with one attached hydrogen (secondary N) is 1. The fraction of sp³-hybridized carbons (Fsp3) is 0.667. The zero-order chi connectivity index (χ0) is 21.0. The molecule has 0 aromatic carbocycles. The highest BCUT2D eigenvalue weighted by Gasteiger charge is 2.22. The van der Waals surface area contributed by atoms with Crippen LogP contribution in [0, 0.1) is 24.7 Å². The molecular formula is C21H31NO6. The molecule has 1 amide bonds. The van der Waals surface area contributed by atoms with Gasteiger partial charge in [-0.15, -0.1) is 24.7 Å². The topological polar surface area (TPSA) is 90.9 Å². The van der Waals surface area contributed by atoms with E-state index in [1.165, 1.54) is 0 Å². The molecule has 1 atom stereocenters. The Bertz CT molecular complexity index is 546. The Kier molecular flexibility index (Phi) is 16.0. The Balaban J connectivity index is 4.10. The summed E-state index contributed by atoms with van der Waals surface area (Å²) in [5.74, 6) is 4.18. The quantitative estimate of drug-likeness (QED) is 0.199. The van der Waals surface area contributed by atoms with E-state index in [4.69, 9.17) is 27.1 Å². The maximum atomic E-state index is 12.0. The van der Waals surface area contributed by atoms with Gasteiger partial charge in [0.2, 0.25) is 0 Å². The van der Waals surface area contributed by atoms with Gasteiger partial charge in [0.25, 0.3) is 0 Å². The van der Waals surface area contributed by atoms with Gasteiger partial charge in [0.05, 0.1) is 19.8 Å². The molecule has 0 bridgehead atoms. The van der Waals surface area contributed by atoms with Crippen LogP contribution in [0.2, 0.25) is 0 Å². The highest BCUT2D eigenvalue weighted by atomic mass is 16.6. The van der Waals surface area contributed by atoms with Crippen molar-refractivity contribution in [3.8, 4) is 24.7 Å². The molecular weight excluding hydrogens is 362 g/mol. The zero-order valence-corrected chi connectivity index (χ0v) is 16.7. The van der Waals surface area contributed by atoms with Crippen LogP contribution in [-0.4, -0.2) is 43.9 Å². The third-order valence-electron chi connectivity index (χ3n) is 3.66. The number of carbonyl (C=O) groups is 3. The van der Waals surface area contributed by atoms with Crippen LogP contribution in [0.1, 0.15) is 64.7 Å². The minimum atomic E-state index is -0.782. The van der Waals surface area contributed by atoms with E-state index in [9.17, 15) is 14.4 Å². The fourth-order valence-electron chi connectivity index (χ4n) is 2.24. The largest absolute Gasteiger partial charge is 0.466 e. The van der Waals surface area contributed by atoms with Gasteiger partial charge in [-0.25, -0.2) is 9.59 Å². The van der Waals surface area contributed by atoms with Gasteiger partial charge in [0.15, 0.2) is 0 Å². The number of ether oxygens (including phenoxy) is 3. The van der Waals surface area contributed by atoms with E-state index in [0.29, 0.717) is 64.4 Å². The minimum absolute atomic E-state index is 0.190. The number of alkyl carbamates (subject to hydrolysis) is 1. The van der Waals surface area contributed by atoms with Gasteiger partial charge in [-0.1, -0.05) is 12.8 Å². The number of amides is 1. The number of rotatable bonds is 15. The number of terminal acetylenes is 2. The van der Waals surface area contributed by atoms with Crippen molar-refractivity contribution in [1.29, 1.82) is 0 Å². The SMILES string of the molecule is C#CCCCOC(=O)CCCCC[C@H](NC(=O)OCCCC#C)C(=O)OCC. The molecule has 1 N–H and O–H groups in total. The van der Waals surface area contributed by atoms with Gasteiger partial charge in [-0.2, -0.15) is 0 Å². The van der Waals surface area contributed by atoms with E-state index >= 15 is 0 Å². The van der Waals surface area contributed by atoms with Crippen LogP contribution in [0.15, 0.2) is 0 Å².